The summed E-state index contributed by atoms with van der Waals surface area (Å²) in [5.74, 6) is -0.351. The molecular formula is C13H17NO4. The third-order valence-electron chi connectivity index (χ3n) is 2.97. The minimum Gasteiger partial charge on any atom is -0.504 e. The smallest absolute Gasteiger partial charge is 0.249 e. The Kier molecular flexibility index (Phi) is 4.04. The Morgan fingerprint density at radius 1 is 1.39 bits per heavy atom. The molecule has 1 aromatic rings. The molecule has 1 saturated heterocycles. The standard InChI is InChI=1S/C13H17NO4/c15-10-4-3-9(8-11(10)16)5-6-14-13(17)12-2-1-7-18-12/h3-4,8,12,15-16H,1-2,5-7H2,(H,14,17). The molecule has 98 valence electrons. The second-order valence-electron chi connectivity index (χ2n) is 4.37. The highest BCUT2D eigenvalue weighted by atomic mass is 16.5. The molecule has 1 aromatic carbocycles. The summed E-state index contributed by atoms with van der Waals surface area (Å²) in [4.78, 5) is 11.6. The van der Waals surface area contributed by atoms with Gasteiger partial charge in [-0.3, -0.25) is 4.79 Å². The van der Waals surface area contributed by atoms with E-state index in [0.29, 0.717) is 19.6 Å². The van der Waals surface area contributed by atoms with E-state index in [1.54, 1.807) is 6.07 Å². The number of phenolic OH excluding ortho intramolecular Hbond substituents is 2. The van der Waals surface area contributed by atoms with E-state index in [2.05, 4.69) is 5.32 Å². The van der Waals surface area contributed by atoms with Crippen LogP contribution in [0, 0.1) is 0 Å². The zero-order valence-electron chi connectivity index (χ0n) is 10.1. The van der Waals surface area contributed by atoms with Gasteiger partial charge in [-0.2, -0.15) is 0 Å². The maximum atomic E-state index is 11.6. The summed E-state index contributed by atoms with van der Waals surface area (Å²) in [7, 11) is 0. The molecule has 1 heterocycles. The van der Waals surface area contributed by atoms with Crippen molar-refractivity contribution in [3.8, 4) is 11.5 Å². The molecular weight excluding hydrogens is 234 g/mol. The molecule has 1 unspecified atom stereocenters. The average Bonchev–Trinajstić information content (AvgIpc) is 2.87. The molecule has 0 saturated carbocycles. The normalized spacial score (nSPS) is 18.8. The van der Waals surface area contributed by atoms with Crippen LogP contribution in [0.25, 0.3) is 0 Å². The minimum atomic E-state index is -0.307. The Balaban J connectivity index is 1.77. The summed E-state index contributed by atoms with van der Waals surface area (Å²) in [6.45, 7) is 1.15. The van der Waals surface area contributed by atoms with Crippen molar-refractivity contribution >= 4 is 5.91 Å². The van der Waals surface area contributed by atoms with Crippen LogP contribution in [0.2, 0.25) is 0 Å². The molecule has 1 atom stereocenters. The molecule has 1 fully saturated rings. The molecule has 0 bridgehead atoms. The fraction of sp³-hybridized carbons (Fsp3) is 0.462. The number of phenols is 2. The first-order valence-electron chi connectivity index (χ1n) is 6.07. The quantitative estimate of drug-likeness (QED) is 0.696. The third-order valence-corrected chi connectivity index (χ3v) is 2.97. The number of amides is 1. The number of carbonyl (C=O) groups is 1. The molecule has 1 aliphatic heterocycles. The van der Waals surface area contributed by atoms with Gasteiger partial charge >= 0.3 is 0 Å². The van der Waals surface area contributed by atoms with Crippen molar-refractivity contribution in [1.82, 2.24) is 5.32 Å². The van der Waals surface area contributed by atoms with Crippen LogP contribution in [0.4, 0.5) is 0 Å². The molecule has 0 spiro atoms. The fourth-order valence-electron chi connectivity index (χ4n) is 1.95. The van der Waals surface area contributed by atoms with E-state index in [0.717, 1.165) is 18.4 Å². The minimum absolute atomic E-state index is 0.0736. The average molecular weight is 251 g/mol. The molecule has 5 heteroatoms. The number of hydrogen-bond acceptors (Lipinski definition) is 4. The fourth-order valence-corrected chi connectivity index (χ4v) is 1.95. The summed E-state index contributed by atoms with van der Waals surface area (Å²) in [5.41, 5.74) is 0.859. The van der Waals surface area contributed by atoms with Gasteiger partial charge in [0.2, 0.25) is 5.91 Å². The number of carbonyl (C=O) groups excluding carboxylic acids is 1. The summed E-state index contributed by atoms with van der Waals surface area (Å²) in [6.07, 6.45) is 2.01. The lowest BCUT2D eigenvalue weighted by molar-refractivity contribution is -0.129. The van der Waals surface area contributed by atoms with Crippen LogP contribution in [0.1, 0.15) is 18.4 Å². The van der Waals surface area contributed by atoms with Gasteiger partial charge in [-0.05, 0) is 37.0 Å². The van der Waals surface area contributed by atoms with Gasteiger partial charge in [-0.15, -0.1) is 0 Å². The van der Waals surface area contributed by atoms with Crippen LogP contribution in [0.15, 0.2) is 18.2 Å². The Labute approximate surface area is 105 Å². The van der Waals surface area contributed by atoms with Gasteiger partial charge in [-0.25, -0.2) is 0 Å². The molecule has 5 nitrogen and oxygen atoms in total. The first-order chi connectivity index (χ1) is 8.66. The highest BCUT2D eigenvalue weighted by Gasteiger charge is 2.22. The van der Waals surface area contributed by atoms with E-state index in [1.165, 1.54) is 12.1 Å². The van der Waals surface area contributed by atoms with E-state index < -0.39 is 0 Å². The summed E-state index contributed by atoms with van der Waals surface area (Å²) in [6, 6.07) is 4.65. The molecule has 2 rings (SSSR count). The highest BCUT2D eigenvalue weighted by Crippen LogP contribution is 2.24. The topological polar surface area (TPSA) is 78.8 Å². The maximum Gasteiger partial charge on any atom is 0.249 e. The van der Waals surface area contributed by atoms with E-state index in [-0.39, 0.29) is 23.5 Å². The van der Waals surface area contributed by atoms with Gasteiger partial charge in [-0.1, -0.05) is 6.07 Å². The summed E-state index contributed by atoms with van der Waals surface area (Å²) < 4.78 is 5.27. The van der Waals surface area contributed by atoms with Gasteiger partial charge in [0, 0.05) is 13.2 Å². The largest absolute Gasteiger partial charge is 0.504 e. The lowest BCUT2D eigenvalue weighted by atomic mass is 10.1. The summed E-state index contributed by atoms with van der Waals surface area (Å²) in [5, 5.41) is 21.3. The number of nitrogens with one attached hydrogen (secondary N) is 1. The second-order valence-corrected chi connectivity index (χ2v) is 4.37. The Hall–Kier alpha value is -1.75. The number of aromatic hydroxyl groups is 2. The molecule has 18 heavy (non-hydrogen) atoms. The van der Waals surface area contributed by atoms with Crippen LogP contribution in [-0.4, -0.2) is 35.4 Å². The van der Waals surface area contributed by atoms with Gasteiger partial charge in [0.05, 0.1) is 0 Å². The van der Waals surface area contributed by atoms with E-state index >= 15 is 0 Å². The number of hydrogen-bond donors (Lipinski definition) is 3. The SMILES string of the molecule is O=C(NCCc1ccc(O)c(O)c1)C1CCCO1. The van der Waals surface area contributed by atoms with Gasteiger partial charge in [0.1, 0.15) is 6.10 Å². The highest BCUT2D eigenvalue weighted by molar-refractivity contribution is 5.80. The predicted molar refractivity (Wildman–Crippen MR) is 65.5 cm³/mol. The molecule has 0 aliphatic carbocycles. The lowest BCUT2D eigenvalue weighted by Crippen LogP contribution is -2.35. The van der Waals surface area contributed by atoms with Crippen molar-refractivity contribution in [3.05, 3.63) is 23.8 Å². The molecule has 0 radical (unpaired) electrons. The number of ether oxygens (including phenoxy) is 1. The van der Waals surface area contributed by atoms with Crippen molar-refractivity contribution in [2.45, 2.75) is 25.4 Å². The van der Waals surface area contributed by atoms with Crippen molar-refractivity contribution in [2.75, 3.05) is 13.2 Å². The molecule has 3 N–H and O–H groups in total. The monoisotopic (exact) mass is 251 g/mol. The van der Waals surface area contributed by atoms with E-state index in [9.17, 15) is 9.90 Å². The van der Waals surface area contributed by atoms with Crippen LogP contribution < -0.4 is 5.32 Å². The van der Waals surface area contributed by atoms with Gasteiger partial charge in [0.25, 0.3) is 0 Å². The summed E-state index contributed by atoms with van der Waals surface area (Å²) >= 11 is 0. The Bertz CT molecular complexity index is 427. The van der Waals surface area contributed by atoms with E-state index in [1.807, 2.05) is 0 Å². The third kappa shape index (κ3) is 3.13. The molecule has 1 aliphatic rings. The van der Waals surface area contributed by atoms with Crippen molar-refractivity contribution in [2.24, 2.45) is 0 Å². The number of rotatable bonds is 4. The number of benzene rings is 1. The Morgan fingerprint density at radius 3 is 2.89 bits per heavy atom. The predicted octanol–water partition coefficient (Wildman–Crippen LogP) is 0.935. The van der Waals surface area contributed by atoms with E-state index in [4.69, 9.17) is 9.84 Å². The van der Waals surface area contributed by atoms with Crippen LogP contribution in [0.5, 0.6) is 11.5 Å². The van der Waals surface area contributed by atoms with Crippen molar-refractivity contribution < 1.29 is 19.7 Å². The first-order valence-corrected chi connectivity index (χ1v) is 6.07. The molecule has 1 amide bonds. The van der Waals surface area contributed by atoms with Crippen LogP contribution in [0.3, 0.4) is 0 Å². The lowest BCUT2D eigenvalue weighted by Gasteiger charge is -2.10. The first kappa shape index (κ1) is 12.7. The zero-order valence-corrected chi connectivity index (χ0v) is 10.1. The van der Waals surface area contributed by atoms with Gasteiger partial charge in [0.15, 0.2) is 11.5 Å². The Morgan fingerprint density at radius 2 is 2.22 bits per heavy atom. The van der Waals surface area contributed by atoms with Gasteiger partial charge < -0.3 is 20.3 Å². The van der Waals surface area contributed by atoms with Crippen molar-refractivity contribution in [3.63, 3.8) is 0 Å². The molecule has 0 aromatic heterocycles. The van der Waals surface area contributed by atoms with Crippen LogP contribution in [-0.2, 0) is 16.0 Å². The second kappa shape index (κ2) is 5.73. The maximum absolute atomic E-state index is 11.6. The van der Waals surface area contributed by atoms with Crippen molar-refractivity contribution in [1.29, 1.82) is 0 Å². The zero-order chi connectivity index (χ0) is 13.0. The van der Waals surface area contributed by atoms with Crippen LogP contribution >= 0.6 is 0 Å².